The van der Waals surface area contributed by atoms with Gasteiger partial charge in [0.1, 0.15) is 0 Å². The Morgan fingerprint density at radius 1 is 1.50 bits per heavy atom. The van der Waals surface area contributed by atoms with Crippen LogP contribution in [0.1, 0.15) is 38.3 Å². The van der Waals surface area contributed by atoms with Crippen molar-refractivity contribution in [1.82, 2.24) is 9.55 Å². The van der Waals surface area contributed by atoms with Crippen LogP contribution in [0, 0.1) is 5.41 Å². The predicted molar refractivity (Wildman–Crippen MR) is 54.7 cm³/mol. The summed E-state index contributed by atoms with van der Waals surface area (Å²) >= 11 is 0. The Hall–Kier alpha value is -0.830. The second-order valence-corrected chi connectivity index (χ2v) is 4.71. The summed E-state index contributed by atoms with van der Waals surface area (Å²) in [5, 5.41) is 8.90. The quantitative estimate of drug-likeness (QED) is 0.798. The molecule has 0 spiro atoms. The summed E-state index contributed by atoms with van der Waals surface area (Å²) in [5.41, 5.74) is 1.22. The molecule has 78 valence electrons. The number of aliphatic hydroxyl groups is 1. The lowest BCUT2D eigenvalue weighted by Crippen LogP contribution is -2.18. The first-order chi connectivity index (χ1) is 6.72. The fourth-order valence-corrected chi connectivity index (χ4v) is 2.40. The van der Waals surface area contributed by atoms with Crippen molar-refractivity contribution in [3.63, 3.8) is 0 Å². The van der Waals surface area contributed by atoms with Crippen LogP contribution in [0.15, 0.2) is 12.5 Å². The molecule has 2 rings (SSSR count). The third-order valence-corrected chi connectivity index (χ3v) is 3.22. The van der Waals surface area contributed by atoms with E-state index in [1.807, 2.05) is 12.5 Å². The molecule has 0 radical (unpaired) electrons. The van der Waals surface area contributed by atoms with E-state index in [0.29, 0.717) is 5.41 Å². The highest BCUT2D eigenvalue weighted by Crippen LogP contribution is 2.38. The summed E-state index contributed by atoms with van der Waals surface area (Å²) in [6, 6.07) is 0. The molecule has 1 fully saturated rings. The van der Waals surface area contributed by atoms with Crippen molar-refractivity contribution in [3.05, 3.63) is 18.2 Å². The molecule has 1 aliphatic rings. The SMILES string of the molecule is CC1(Cn2cnc(CO)c2)CCCC1. The van der Waals surface area contributed by atoms with E-state index in [-0.39, 0.29) is 6.61 Å². The Labute approximate surface area is 84.8 Å². The summed E-state index contributed by atoms with van der Waals surface area (Å²) in [5.74, 6) is 0. The minimum Gasteiger partial charge on any atom is -0.390 e. The molecule has 3 nitrogen and oxygen atoms in total. The minimum atomic E-state index is 0.0454. The Kier molecular flexibility index (Phi) is 2.59. The molecule has 14 heavy (non-hydrogen) atoms. The summed E-state index contributed by atoms with van der Waals surface area (Å²) in [7, 11) is 0. The molecule has 1 saturated carbocycles. The van der Waals surface area contributed by atoms with Gasteiger partial charge >= 0.3 is 0 Å². The number of rotatable bonds is 3. The molecule has 1 aromatic heterocycles. The van der Waals surface area contributed by atoms with Gasteiger partial charge in [-0.15, -0.1) is 0 Å². The van der Waals surface area contributed by atoms with Gasteiger partial charge in [0.15, 0.2) is 0 Å². The van der Waals surface area contributed by atoms with E-state index in [4.69, 9.17) is 5.11 Å². The van der Waals surface area contributed by atoms with Gasteiger partial charge in [-0.3, -0.25) is 0 Å². The zero-order valence-corrected chi connectivity index (χ0v) is 8.74. The molecule has 0 unspecified atom stereocenters. The summed E-state index contributed by atoms with van der Waals surface area (Å²) in [6.07, 6.45) is 9.13. The average Bonchev–Trinajstić information content (AvgIpc) is 2.75. The summed E-state index contributed by atoms with van der Waals surface area (Å²) in [6.45, 7) is 3.43. The Balaban J connectivity index is 2.02. The van der Waals surface area contributed by atoms with Gasteiger partial charge in [0.2, 0.25) is 0 Å². The molecular weight excluding hydrogens is 176 g/mol. The van der Waals surface area contributed by atoms with Gasteiger partial charge in [-0.25, -0.2) is 4.98 Å². The van der Waals surface area contributed by atoms with Crippen LogP contribution in [0.5, 0.6) is 0 Å². The van der Waals surface area contributed by atoms with Crippen LogP contribution in [0.25, 0.3) is 0 Å². The van der Waals surface area contributed by atoms with E-state index in [2.05, 4.69) is 16.5 Å². The highest BCUT2D eigenvalue weighted by molar-refractivity contribution is 4.95. The fraction of sp³-hybridized carbons (Fsp3) is 0.727. The molecule has 1 aromatic rings. The van der Waals surface area contributed by atoms with E-state index in [1.165, 1.54) is 25.7 Å². The molecule has 0 amide bonds. The minimum absolute atomic E-state index is 0.0454. The van der Waals surface area contributed by atoms with Crippen LogP contribution in [-0.2, 0) is 13.2 Å². The van der Waals surface area contributed by atoms with Gasteiger partial charge in [-0.05, 0) is 18.3 Å². The summed E-state index contributed by atoms with van der Waals surface area (Å²) in [4.78, 5) is 4.12. The molecule has 3 heteroatoms. The van der Waals surface area contributed by atoms with E-state index in [0.717, 1.165) is 12.2 Å². The number of aromatic nitrogens is 2. The molecule has 0 saturated heterocycles. The van der Waals surface area contributed by atoms with Crippen LogP contribution in [0.3, 0.4) is 0 Å². The van der Waals surface area contributed by atoms with Crippen molar-refractivity contribution in [1.29, 1.82) is 0 Å². The highest BCUT2D eigenvalue weighted by atomic mass is 16.3. The molecular formula is C11H18N2O. The third-order valence-electron chi connectivity index (χ3n) is 3.22. The Morgan fingerprint density at radius 3 is 2.79 bits per heavy atom. The van der Waals surface area contributed by atoms with Crippen molar-refractivity contribution in [2.45, 2.75) is 45.8 Å². The fourth-order valence-electron chi connectivity index (χ4n) is 2.40. The van der Waals surface area contributed by atoms with Crippen LogP contribution in [-0.4, -0.2) is 14.7 Å². The van der Waals surface area contributed by atoms with Gasteiger partial charge in [0, 0.05) is 12.7 Å². The van der Waals surface area contributed by atoms with Gasteiger partial charge in [0.05, 0.1) is 18.6 Å². The zero-order valence-electron chi connectivity index (χ0n) is 8.74. The maximum atomic E-state index is 8.90. The molecule has 0 atom stereocenters. The van der Waals surface area contributed by atoms with E-state index >= 15 is 0 Å². The van der Waals surface area contributed by atoms with E-state index in [1.54, 1.807) is 0 Å². The van der Waals surface area contributed by atoms with Crippen molar-refractivity contribution >= 4 is 0 Å². The number of imidazole rings is 1. The zero-order chi connectivity index (χ0) is 10.0. The standard InChI is InChI=1S/C11H18N2O/c1-11(4-2-3-5-11)8-13-6-10(7-14)12-9-13/h6,9,14H,2-5,7-8H2,1H3. The smallest absolute Gasteiger partial charge is 0.0950 e. The van der Waals surface area contributed by atoms with Crippen molar-refractivity contribution in [2.75, 3.05) is 0 Å². The van der Waals surface area contributed by atoms with E-state index in [9.17, 15) is 0 Å². The number of hydrogen-bond acceptors (Lipinski definition) is 2. The van der Waals surface area contributed by atoms with Crippen LogP contribution in [0.2, 0.25) is 0 Å². The van der Waals surface area contributed by atoms with Crippen molar-refractivity contribution in [3.8, 4) is 0 Å². The summed E-state index contributed by atoms with van der Waals surface area (Å²) < 4.78 is 2.11. The third kappa shape index (κ3) is 1.98. The largest absolute Gasteiger partial charge is 0.390 e. The normalized spacial score (nSPS) is 20.1. The van der Waals surface area contributed by atoms with Gasteiger partial charge in [-0.1, -0.05) is 19.8 Å². The number of hydrogen-bond donors (Lipinski definition) is 1. The average molecular weight is 194 g/mol. The molecule has 1 aliphatic carbocycles. The molecule has 1 heterocycles. The van der Waals surface area contributed by atoms with Gasteiger partial charge < -0.3 is 9.67 Å². The first-order valence-corrected chi connectivity index (χ1v) is 5.33. The molecule has 0 aromatic carbocycles. The van der Waals surface area contributed by atoms with Crippen molar-refractivity contribution < 1.29 is 5.11 Å². The number of nitrogens with zero attached hydrogens (tertiary/aromatic N) is 2. The predicted octanol–water partition coefficient (Wildman–Crippen LogP) is 1.96. The maximum absolute atomic E-state index is 8.90. The van der Waals surface area contributed by atoms with Gasteiger partial charge in [-0.2, -0.15) is 0 Å². The first kappa shape index (κ1) is 9.71. The van der Waals surface area contributed by atoms with Gasteiger partial charge in [0.25, 0.3) is 0 Å². The molecule has 0 aliphatic heterocycles. The van der Waals surface area contributed by atoms with Crippen LogP contribution < -0.4 is 0 Å². The van der Waals surface area contributed by atoms with Crippen molar-refractivity contribution in [2.24, 2.45) is 5.41 Å². The van der Waals surface area contributed by atoms with Crippen LogP contribution >= 0.6 is 0 Å². The van der Waals surface area contributed by atoms with Crippen LogP contribution in [0.4, 0.5) is 0 Å². The topological polar surface area (TPSA) is 38.0 Å². The monoisotopic (exact) mass is 194 g/mol. The maximum Gasteiger partial charge on any atom is 0.0950 e. The van der Waals surface area contributed by atoms with E-state index < -0.39 is 0 Å². The lowest BCUT2D eigenvalue weighted by atomic mass is 9.89. The Bertz CT molecular complexity index is 300. The lowest BCUT2D eigenvalue weighted by molar-refractivity contribution is 0.273. The highest BCUT2D eigenvalue weighted by Gasteiger charge is 2.28. The number of aliphatic hydroxyl groups excluding tert-OH is 1. The second kappa shape index (κ2) is 3.73. The Morgan fingerprint density at radius 2 is 2.21 bits per heavy atom. The molecule has 0 bridgehead atoms. The first-order valence-electron chi connectivity index (χ1n) is 5.33. The molecule has 1 N–H and O–H groups in total. The lowest BCUT2D eigenvalue weighted by Gasteiger charge is -2.23. The second-order valence-electron chi connectivity index (χ2n) is 4.71.